The number of rotatable bonds is 7. The molecule has 0 aromatic heterocycles. The van der Waals surface area contributed by atoms with Crippen molar-refractivity contribution in [2.24, 2.45) is 17.7 Å². The molecule has 1 unspecified atom stereocenters. The molecule has 0 spiro atoms. The van der Waals surface area contributed by atoms with E-state index < -0.39 is 18.0 Å². The van der Waals surface area contributed by atoms with Gasteiger partial charge in [-0.2, -0.15) is 0 Å². The molecule has 4 aliphatic rings. The third-order valence-electron chi connectivity index (χ3n) is 10.3. The summed E-state index contributed by atoms with van der Waals surface area (Å²) in [6, 6.07) is 6.40. The highest BCUT2D eigenvalue weighted by atomic mass is 16.5. The molecule has 42 heavy (non-hydrogen) atoms. The van der Waals surface area contributed by atoms with Crippen LogP contribution in [0.4, 0.5) is 16.2 Å². The number of hydrazine groups is 1. The van der Waals surface area contributed by atoms with Gasteiger partial charge in [-0.15, -0.1) is 0 Å². The van der Waals surface area contributed by atoms with Gasteiger partial charge in [0, 0.05) is 30.6 Å². The van der Waals surface area contributed by atoms with Crippen molar-refractivity contribution in [1.82, 2.24) is 15.2 Å². The van der Waals surface area contributed by atoms with E-state index in [1.807, 2.05) is 25.1 Å². The van der Waals surface area contributed by atoms with Gasteiger partial charge >= 0.3 is 6.03 Å². The van der Waals surface area contributed by atoms with Gasteiger partial charge in [-0.25, -0.2) is 15.6 Å². The van der Waals surface area contributed by atoms with Gasteiger partial charge in [0.15, 0.2) is 0 Å². The number of nitrogens with two attached hydrogens (primary N) is 2. The Hall–Kier alpha value is -2.69. The maximum absolute atomic E-state index is 14.2. The lowest BCUT2D eigenvalue weighted by molar-refractivity contribution is -0.147. The average molecular weight is 583 g/mol. The molecule has 4 amide bonds. The molecule has 10 nitrogen and oxygen atoms in total. The van der Waals surface area contributed by atoms with Crippen LogP contribution in [0, 0.1) is 11.8 Å². The number of ether oxygens (including phenoxy) is 1. The zero-order chi connectivity index (χ0) is 30.0. The largest absolute Gasteiger partial charge is 0.397 e. The van der Waals surface area contributed by atoms with Crippen molar-refractivity contribution >= 4 is 29.2 Å². The van der Waals surface area contributed by atoms with E-state index in [1.165, 1.54) is 44.9 Å². The fourth-order valence-electron chi connectivity index (χ4n) is 8.23. The minimum atomic E-state index is -1.01. The number of imide groups is 1. The Labute approximate surface area is 250 Å². The number of anilines is 2. The van der Waals surface area contributed by atoms with E-state index in [4.69, 9.17) is 16.3 Å². The molecule has 2 saturated carbocycles. The highest BCUT2D eigenvalue weighted by Crippen LogP contribution is 2.45. The smallest absolute Gasteiger partial charge is 0.338 e. The number of benzene rings is 1. The van der Waals surface area contributed by atoms with Gasteiger partial charge in [-0.1, -0.05) is 44.7 Å². The number of hydrogen-bond donors (Lipinski definition) is 3. The molecule has 2 saturated heterocycles. The quantitative estimate of drug-likeness (QED) is 0.190. The number of piperidine rings is 1. The number of nitrogens with zero attached hydrogens (tertiary/aromatic N) is 3. The summed E-state index contributed by atoms with van der Waals surface area (Å²) >= 11 is 0. The van der Waals surface area contributed by atoms with Crippen molar-refractivity contribution in [3.63, 3.8) is 0 Å². The van der Waals surface area contributed by atoms with E-state index in [-0.39, 0.29) is 36.6 Å². The fraction of sp³-hybridized carbons (Fsp3) is 0.719. The molecule has 0 radical (unpaired) electrons. The van der Waals surface area contributed by atoms with Gasteiger partial charge in [0.25, 0.3) is 5.91 Å². The summed E-state index contributed by atoms with van der Waals surface area (Å²) in [6.07, 6.45) is 11.7. The third-order valence-corrected chi connectivity index (χ3v) is 10.3. The first-order chi connectivity index (χ1) is 20.2. The van der Waals surface area contributed by atoms with Gasteiger partial charge in [-0.3, -0.25) is 19.8 Å². The Morgan fingerprint density at radius 1 is 1.05 bits per heavy atom. The molecular weight excluding hydrogens is 532 g/mol. The Kier molecular flexibility index (Phi) is 9.74. The molecule has 5 rings (SSSR count). The minimum Gasteiger partial charge on any atom is -0.397 e. The molecule has 1 aromatic rings. The first-order valence-corrected chi connectivity index (χ1v) is 16.1. The molecule has 4 fully saturated rings. The number of carbonyl (C=O) groups is 3. The van der Waals surface area contributed by atoms with E-state index in [9.17, 15) is 14.4 Å². The normalized spacial score (nSPS) is 31.9. The van der Waals surface area contributed by atoms with Crippen LogP contribution >= 0.6 is 0 Å². The van der Waals surface area contributed by atoms with Crippen molar-refractivity contribution in [1.29, 1.82) is 0 Å². The summed E-state index contributed by atoms with van der Waals surface area (Å²) in [5.74, 6) is 7.05. The molecule has 232 valence electrons. The van der Waals surface area contributed by atoms with Crippen LogP contribution in [0.3, 0.4) is 0 Å². The summed E-state index contributed by atoms with van der Waals surface area (Å²) in [7, 11) is 0. The molecule has 10 heteroatoms. The monoisotopic (exact) mass is 582 g/mol. The summed E-state index contributed by atoms with van der Waals surface area (Å²) in [5.41, 5.74) is 7.58. The molecule has 2 aliphatic heterocycles. The summed E-state index contributed by atoms with van der Waals surface area (Å²) in [6.45, 7) is 6.26. The van der Waals surface area contributed by atoms with Gasteiger partial charge in [0.2, 0.25) is 5.91 Å². The van der Waals surface area contributed by atoms with Crippen molar-refractivity contribution in [2.45, 2.75) is 128 Å². The van der Waals surface area contributed by atoms with Crippen molar-refractivity contribution in [3.05, 3.63) is 24.3 Å². The molecule has 2 heterocycles. The van der Waals surface area contributed by atoms with Crippen LogP contribution in [-0.2, 0) is 14.3 Å². The van der Waals surface area contributed by atoms with Gasteiger partial charge in [0.1, 0.15) is 6.04 Å². The van der Waals surface area contributed by atoms with E-state index in [2.05, 4.69) is 17.1 Å². The van der Waals surface area contributed by atoms with Crippen LogP contribution in [0.15, 0.2) is 24.3 Å². The second kappa shape index (κ2) is 13.3. The zero-order valence-electron chi connectivity index (χ0n) is 25.5. The fourth-order valence-corrected chi connectivity index (χ4v) is 8.23. The lowest BCUT2D eigenvalue weighted by Crippen LogP contribution is -2.68. The predicted molar refractivity (Wildman–Crippen MR) is 163 cm³/mol. The molecule has 2 aliphatic carbocycles. The van der Waals surface area contributed by atoms with Crippen LogP contribution in [0.5, 0.6) is 0 Å². The van der Waals surface area contributed by atoms with Gasteiger partial charge in [0.05, 0.1) is 24.1 Å². The number of urea groups is 1. The molecular formula is C32H50N6O4. The molecule has 5 N–H and O–H groups in total. The van der Waals surface area contributed by atoms with E-state index in [1.54, 1.807) is 17.9 Å². The maximum atomic E-state index is 14.2. The molecule has 8 atom stereocenters. The van der Waals surface area contributed by atoms with Crippen molar-refractivity contribution < 1.29 is 19.1 Å². The Balaban J connectivity index is 1.39. The average Bonchev–Trinajstić information content (AvgIpc) is 3.14. The molecule has 4 bridgehead atoms. The van der Waals surface area contributed by atoms with Crippen LogP contribution in [0.1, 0.15) is 91.4 Å². The van der Waals surface area contributed by atoms with E-state index >= 15 is 0 Å². The Bertz CT molecular complexity index is 1120. The number of para-hydroxylation sites is 2. The van der Waals surface area contributed by atoms with Crippen molar-refractivity contribution in [3.8, 4) is 0 Å². The number of morpholine rings is 1. The van der Waals surface area contributed by atoms with E-state index in [0.717, 1.165) is 29.7 Å². The van der Waals surface area contributed by atoms with Crippen LogP contribution in [0.2, 0.25) is 0 Å². The second-order valence-corrected chi connectivity index (χ2v) is 13.2. The lowest BCUT2D eigenvalue weighted by Gasteiger charge is -2.57. The molecule has 1 aromatic carbocycles. The maximum Gasteiger partial charge on any atom is 0.338 e. The van der Waals surface area contributed by atoms with Crippen LogP contribution in [-0.4, -0.2) is 70.7 Å². The van der Waals surface area contributed by atoms with Gasteiger partial charge < -0.3 is 15.4 Å². The topological polar surface area (TPSA) is 134 Å². The summed E-state index contributed by atoms with van der Waals surface area (Å²) in [5, 5.41) is 3.12. The Morgan fingerprint density at radius 3 is 2.40 bits per heavy atom. The number of carbonyl (C=O) groups excluding carboxylic acids is 3. The minimum absolute atomic E-state index is 0.0527. The number of fused-ring (bicyclic) bond motifs is 4. The summed E-state index contributed by atoms with van der Waals surface area (Å²) < 4.78 is 6.29. The van der Waals surface area contributed by atoms with E-state index in [0.29, 0.717) is 30.4 Å². The first kappa shape index (κ1) is 30.8. The van der Waals surface area contributed by atoms with Crippen LogP contribution in [0.25, 0.3) is 0 Å². The highest BCUT2D eigenvalue weighted by Gasteiger charge is 2.49. The number of nitrogens with one attached hydrogen (secondary N) is 1. The lowest BCUT2D eigenvalue weighted by atomic mass is 9.74. The number of amides is 4. The number of nitrogen functional groups attached to an aromatic ring is 1. The number of hydrogen-bond acceptors (Lipinski definition) is 7. The van der Waals surface area contributed by atoms with Crippen molar-refractivity contribution in [2.75, 3.05) is 17.2 Å². The first-order valence-electron chi connectivity index (χ1n) is 16.1. The predicted octanol–water partition coefficient (Wildman–Crippen LogP) is 4.18. The van der Waals surface area contributed by atoms with Crippen LogP contribution < -0.4 is 21.8 Å². The Morgan fingerprint density at radius 2 is 1.74 bits per heavy atom. The SMILES string of the molecule is CCCC(=O)NC(=O)N(N)C(C)C(=O)N(c1ccccc1N)[C@H]1C[C@H]2CO[C@H](C)[C@@H](C1)N2[C@@H]1C[C@@H]2CCCC[C@@H](C2)C1. The van der Waals surface area contributed by atoms with Gasteiger partial charge in [-0.05, 0) is 76.3 Å². The second-order valence-electron chi connectivity index (χ2n) is 13.2. The zero-order valence-corrected chi connectivity index (χ0v) is 25.5. The standard InChI is InChI=1S/C32H50N6O4/c1-4-9-30(39)35-32(41)38(34)20(2)31(40)37(28-13-8-7-12-27(28)33)25-17-26-19-42-21(3)29(18-25)36(26)24-15-22-10-5-6-11-23(14-22)16-24/h7-8,12-13,20-26,29H,4-6,9-11,14-19,33-34H2,1-3H3,(H,35,39,41)/t20?,21-,22-,23+,24-,25+,26+,29-/m1/s1. The third kappa shape index (κ3) is 6.45. The summed E-state index contributed by atoms with van der Waals surface area (Å²) in [4.78, 5) is 43.6. The highest BCUT2D eigenvalue weighted by molar-refractivity contribution is 6.02.